The Morgan fingerprint density at radius 1 is 1.00 bits per heavy atom. The van der Waals surface area contributed by atoms with Crippen molar-refractivity contribution in [3.05, 3.63) is 47.5 Å². The predicted octanol–water partition coefficient (Wildman–Crippen LogP) is 2.88. The molecule has 2 rings (SSSR count). The van der Waals surface area contributed by atoms with Gasteiger partial charge in [-0.15, -0.1) is 0 Å². The highest BCUT2D eigenvalue weighted by atomic mass is 19.4. The van der Waals surface area contributed by atoms with Crippen molar-refractivity contribution in [2.24, 2.45) is 0 Å². The van der Waals surface area contributed by atoms with E-state index < -0.39 is 11.7 Å². The van der Waals surface area contributed by atoms with Gasteiger partial charge in [0.15, 0.2) is 0 Å². The first kappa shape index (κ1) is 14.0. The van der Waals surface area contributed by atoms with Gasteiger partial charge in [-0.3, -0.25) is 0 Å². The van der Waals surface area contributed by atoms with E-state index in [9.17, 15) is 13.2 Å². The highest BCUT2D eigenvalue weighted by Gasteiger charge is 2.29. The Hall–Kier alpha value is -2.44. The molecule has 0 atom stereocenters. The SMILES string of the molecule is Nc1ccc(NCc2ccc(C(F)(F)F)cc2)nc1N. The molecule has 2 aromatic rings. The van der Waals surface area contributed by atoms with E-state index in [4.69, 9.17) is 11.5 Å². The van der Waals surface area contributed by atoms with Crippen molar-refractivity contribution in [3.8, 4) is 0 Å². The van der Waals surface area contributed by atoms with E-state index in [0.717, 1.165) is 12.1 Å². The van der Waals surface area contributed by atoms with Crippen molar-refractivity contribution in [2.45, 2.75) is 12.7 Å². The third-order valence-electron chi connectivity index (χ3n) is 2.71. The summed E-state index contributed by atoms with van der Waals surface area (Å²) in [5.74, 6) is 0.721. The van der Waals surface area contributed by atoms with E-state index in [2.05, 4.69) is 10.3 Å². The summed E-state index contributed by atoms with van der Waals surface area (Å²) in [5.41, 5.74) is 11.5. The van der Waals surface area contributed by atoms with Gasteiger partial charge in [-0.05, 0) is 29.8 Å². The molecule has 0 amide bonds. The number of nitrogens with two attached hydrogens (primary N) is 2. The Morgan fingerprint density at radius 3 is 2.20 bits per heavy atom. The van der Waals surface area contributed by atoms with E-state index in [0.29, 0.717) is 23.6 Å². The predicted molar refractivity (Wildman–Crippen MR) is 71.8 cm³/mol. The molecule has 1 aromatic heterocycles. The van der Waals surface area contributed by atoms with Gasteiger partial charge in [0.1, 0.15) is 11.6 Å². The van der Waals surface area contributed by atoms with Gasteiger partial charge >= 0.3 is 6.18 Å². The van der Waals surface area contributed by atoms with Crippen molar-refractivity contribution in [3.63, 3.8) is 0 Å². The van der Waals surface area contributed by atoms with Crippen LogP contribution in [0.3, 0.4) is 0 Å². The van der Waals surface area contributed by atoms with Crippen LogP contribution in [0.15, 0.2) is 36.4 Å². The molecule has 1 aromatic carbocycles. The summed E-state index contributed by atoms with van der Waals surface area (Å²) >= 11 is 0. The summed E-state index contributed by atoms with van der Waals surface area (Å²) in [7, 11) is 0. The number of alkyl halides is 3. The smallest absolute Gasteiger partial charge is 0.396 e. The Labute approximate surface area is 113 Å². The maximum atomic E-state index is 12.4. The zero-order chi connectivity index (χ0) is 14.8. The fourth-order valence-corrected chi connectivity index (χ4v) is 1.59. The molecule has 0 aliphatic carbocycles. The van der Waals surface area contributed by atoms with Crippen LogP contribution in [0.4, 0.5) is 30.5 Å². The second-order valence-electron chi connectivity index (χ2n) is 4.22. The summed E-state index contributed by atoms with van der Waals surface area (Å²) in [5, 5.41) is 2.96. The van der Waals surface area contributed by atoms with E-state index in [1.54, 1.807) is 12.1 Å². The topological polar surface area (TPSA) is 77.0 Å². The largest absolute Gasteiger partial charge is 0.416 e. The van der Waals surface area contributed by atoms with Gasteiger partial charge in [0.05, 0.1) is 11.3 Å². The van der Waals surface area contributed by atoms with Gasteiger partial charge in [-0.1, -0.05) is 12.1 Å². The minimum Gasteiger partial charge on any atom is -0.396 e. The number of hydrogen-bond acceptors (Lipinski definition) is 4. The molecule has 0 saturated heterocycles. The molecule has 0 spiro atoms. The maximum Gasteiger partial charge on any atom is 0.416 e. The third-order valence-corrected chi connectivity index (χ3v) is 2.71. The lowest BCUT2D eigenvalue weighted by molar-refractivity contribution is -0.137. The highest BCUT2D eigenvalue weighted by molar-refractivity contribution is 5.61. The molecule has 5 N–H and O–H groups in total. The van der Waals surface area contributed by atoms with Gasteiger partial charge in [0.25, 0.3) is 0 Å². The average Bonchev–Trinajstić information content (AvgIpc) is 2.40. The molecular formula is C13H13F3N4. The number of halogens is 3. The fourth-order valence-electron chi connectivity index (χ4n) is 1.59. The Bertz CT molecular complexity index is 594. The summed E-state index contributed by atoms with van der Waals surface area (Å²) in [4.78, 5) is 4.01. The standard InChI is InChI=1S/C13H13F3N4/c14-13(15,16)9-3-1-8(2-4-9)7-19-11-6-5-10(17)12(18)20-11/h1-6H,7,17H2,(H3,18,19,20). The molecule has 106 valence electrons. The lowest BCUT2D eigenvalue weighted by atomic mass is 10.1. The van der Waals surface area contributed by atoms with Crippen LogP contribution in [0.1, 0.15) is 11.1 Å². The molecule has 0 aliphatic heterocycles. The fraction of sp³-hybridized carbons (Fsp3) is 0.154. The lowest BCUT2D eigenvalue weighted by Crippen LogP contribution is -2.07. The van der Waals surface area contributed by atoms with Gasteiger partial charge in [0.2, 0.25) is 0 Å². The zero-order valence-corrected chi connectivity index (χ0v) is 10.4. The summed E-state index contributed by atoms with van der Waals surface area (Å²) in [6.07, 6.45) is -4.32. The maximum absolute atomic E-state index is 12.4. The molecule has 7 heteroatoms. The van der Waals surface area contributed by atoms with Crippen LogP contribution >= 0.6 is 0 Å². The molecule has 0 aliphatic rings. The summed E-state index contributed by atoms with van der Waals surface area (Å²) < 4.78 is 37.2. The number of pyridine rings is 1. The number of nitrogen functional groups attached to an aromatic ring is 2. The van der Waals surface area contributed by atoms with E-state index in [-0.39, 0.29) is 5.82 Å². The number of hydrogen-bond donors (Lipinski definition) is 3. The number of rotatable bonds is 3. The number of anilines is 3. The van der Waals surface area contributed by atoms with Crippen LogP contribution in [0.25, 0.3) is 0 Å². The van der Waals surface area contributed by atoms with Gasteiger partial charge in [-0.2, -0.15) is 13.2 Å². The van der Waals surface area contributed by atoms with Crippen molar-refractivity contribution < 1.29 is 13.2 Å². The second kappa shape index (κ2) is 5.28. The molecule has 0 fully saturated rings. The van der Waals surface area contributed by atoms with Crippen molar-refractivity contribution in [2.75, 3.05) is 16.8 Å². The van der Waals surface area contributed by atoms with Crippen molar-refractivity contribution in [1.82, 2.24) is 4.98 Å². The summed E-state index contributed by atoms with van der Waals surface area (Å²) in [6, 6.07) is 8.17. The first-order chi connectivity index (χ1) is 9.36. The van der Waals surface area contributed by atoms with E-state index in [1.807, 2.05) is 0 Å². The number of nitrogens with one attached hydrogen (secondary N) is 1. The monoisotopic (exact) mass is 282 g/mol. The quantitative estimate of drug-likeness (QED) is 0.809. The van der Waals surface area contributed by atoms with Crippen LogP contribution in [0, 0.1) is 0 Å². The molecule has 0 radical (unpaired) electrons. The number of nitrogens with zero attached hydrogens (tertiary/aromatic N) is 1. The number of benzene rings is 1. The second-order valence-corrected chi connectivity index (χ2v) is 4.22. The molecule has 1 heterocycles. The first-order valence-electron chi connectivity index (χ1n) is 5.78. The van der Waals surface area contributed by atoms with E-state index in [1.165, 1.54) is 12.1 Å². The zero-order valence-electron chi connectivity index (χ0n) is 10.4. The van der Waals surface area contributed by atoms with Crippen LogP contribution in [0.2, 0.25) is 0 Å². The lowest BCUT2D eigenvalue weighted by Gasteiger charge is -2.09. The Kier molecular flexibility index (Phi) is 3.69. The first-order valence-corrected chi connectivity index (χ1v) is 5.78. The molecule has 4 nitrogen and oxygen atoms in total. The number of aromatic nitrogens is 1. The van der Waals surface area contributed by atoms with Crippen LogP contribution in [-0.4, -0.2) is 4.98 Å². The third kappa shape index (κ3) is 3.31. The van der Waals surface area contributed by atoms with Gasteiger partial charge < -0.3 is 16.8 Å². The van der Waals surface area contributed by atoms with Crippen LogP contribution in [-0.2, 0) is 12.7 Å². The molecule has 20 heavy (non-hydrogen) atoms. The Balaban J connectivity index is 2.02. The van der Waals surface area contributed by atoms with Gasteiger partial charge in [-0.25, -0.2) is 4.98 Å². The summed E-state index contributed by atoms with van der Waals surface area (Å²) in [6.45, 7) is 0.342. The average molecular weight is 282 g/mol. The minimum absolute atomic E-state index is 0.211. The Morgan fingerprint density at radius 2 is 1.65 bits per heavy atom. The van der Waals surface area contributed by atoms with Crippen molar-refractivity contribution in [1.29, 1.82) is 0 Å². The van der Waals surface area contributed by atoms with Crippen LogP contribution in [0.5, 0.6) is 0 Å². The van der Waals surface area contributed by atoms with Crippen LogP contribution < -0.4 is 16.8 Å². The molecule has 0 unspecified atom stereocenters. The minimum atomic E-state index is -4.32. The highest BCUT2D eigenvalue weighted by Crippen LogP contribution is 2.29. The van der Waals surface area contributed by atoms with E-state index >= 15 is 0 Å². The van der Waals surface area contributed by atoms with Crippen molar-refractivity contribution >= 4 is 17.3 Å². The normalized spacial score (nSPS) is 11.3. The molecule has 0 saturated carbocycles. The molecular weight excluding hydrogens is 269 g/mol. The molecule has 0 bridgehead atoms. The van der Waals surface area contributed by atoms with Gasteiger partial charge in [0, 0.05) is 6.54 Å².